The van der Waals surface area contributed by atoms with Crippen LogP contribution in [0.3, 0.4) is 0 Å². The van der Waals surface area contributed by atoms with Crippen LogP contribution >= 0.6 is 0 Å². The lowest BCUT2D eigenvalue weighted by molar-refractivity contribution is -0.122. The van der Waals surface area contributed by atoms with Gasteiger partial charge in [0, 0.05) is 12.6 Å². The number of hydrogen-bond donors (Lipinski definition) is 1. The van der Waals surface area contributed by atoms with Crippen molar-refractivity contribution in [1.82, 2.24) is 9.62 Å². The molecule has 6 nitrogen and oxygen atoms in total. The van der Waals surface area contributed by atoms with Crippen LogP contribution in [0.4, 0.5) is 0 Å². The second-order valence-corrected chi connectivity index (χ2v) is 7.72. The quantitative estimate of drug-likeness (QED) is 0.887. The van der Waals surface area contributed by atoms with Crippen molar-refractivity contribution in [2.45, 2.75) is 31.2 Å². The highest BCUT2D eigenvalue weighted by Crippen LogP contribution is 2.25. The van der Waals surface area contributed by atoms with Gasteiger partial charge in [-0.1, -0.05) is 12.1 Å². The van der Waals surface area contributed by atoms with Crippen molar-refractivity contribution in [3.63, 3.8) is 0 Å². The fraction of sp³-hybridized carbons (Fsp3) is 0.500. The third kappa shape index (κ3) is 4.71. The van der Waals surface area contributed by atoms with Crippen LogP contribution in [0.5, 0.6) is 5.75 Å². The Kier molecular flexibility index (Phi) is 5.36. The van der Waals surface area contributed by atoms with Gasteiger partial charge in [0.2, 0.25) is 15.9 Å². The van der Waals surface area contributed by atoms with Gasteiger partial charge in [-0.15, -0.1) is 0 Å². The van der Waals surface area contributed by atoms with E-state index < -0.39 is 15.6 Å². The highest BCUT2D eigenvalue weighted by molar-refractivity contribution is 7.89. The van der Waals surface area contributed by atoms with E-state index in [0.29, 0.717) is 0 Å². The van der Waals surface area contributed by atoms with Crippen LogP contribution in [0.25, 0.3) is 0 Å². The molecule has 1 aromatic carbocycles. The molecule has 0 aliphatic carbocycles. The maximum absolute atomic E-state index is 12.5. The molecule has 0 heterocycles. The first-order valence-electron chi connectivity index (χ1n) is 6.48. The molecule has 1 N–H and O–H groups in total. The Morgan fingerprint density at radius 2 is 1.86 bits per heavy atom. The molecule has 0 saturated carbocycles. The molecular weight excluding hydrogens is 292 g/mol. The van der Waals surface area contributed by atoms with Crippen LogP contribution in [0.2, 0.25) is 0 Å². The molecule has 7 heteroatoms. The molecule has 0 aromatic heterocycles. The Bertz CT molecular complexity index is 606. The maximum Gasteiger partial charge on any atom is 0.246 e. The second-order valence-electron chi connectivity index (χ2n) is 5.71. The molecule has 1 rings (SSSR count). The number of nitrogens with zero attached hydrogens (tertiary/aromatic N) is 1. The summed E-state index contributed by atoms with van der Waals surface area (Å²) in [6, 6.07) is 6.31. The van der Waals surface area contributed by atoms with Gasteiger partial charge in [0.05, 0.1) is 13.7 Å². The van der Waals surface area contributed by atoms with Crippen LogP contribution in [-0.2, 0) is 14.8 Å². The predicted octanol–water partition coefficient (Wildman–Crippen LogP) is 1.23. The summed E-state index contributed by atoms with van der Waals surface area (Å²) < 4.78 is 31.0. The molecule has 0 aliphatic rings. The summed E-state index contributed by atoms with van der Waals surface area (Å²) in [5.41, 5.74) is -0.411. The maximum atomic E-state index is 12.5. The number of nitrogens with one attached hydrogen (secondary N) is 1. The average Bonchev–Trinajstić information content (AvgIpc) is 2.36. The van der Waals surface area contributed by atoms with Crippen LogP contribution < -0.4 is 10.1 Å². The van der Waals surface area contributed by atoms with E-state index in [-0.39, 0.29) is 23.1 Å². The molecular formula is C14H22N2O4S. The van der Waals surface area contributed by atoms with E-state index >= 15 is 0 Å². The van der Waals surface area contributed by atoms with Gasteiger partial charge in [-0.05, 0) is 32.9 Å². The predicted molar refractivity (Wildman–Crippen MR) is 80.7 cm³/mol. The average molecular weight is 314 g/mol. The lowest BCUT2D eigenvalue weighted by Gasteiger charge is -2.23. The number of rotatable bonds is 5. The van der Waals surface area contributed by atoms with Gasteiger partial charge in [0.1, 0.15) is 10.6 Å². The highest BCUT2D eigenvalue weighted by atomic mass is 32.2. The van der Waals surface area contributed by atoms with Gasteiger partial charge in [-0.2, -0.15) is 4.31 Å². The minimum atomic E-state index is -3.78. The number of carbonyl (C=O) groups excluding carboxylic acids is 1. The molecule has 118 valence electrons. The summed E-state index contributed by atoms with van der Waals surface area (Å²) in [7, 11) is -1.02. The summed E-state index contributed by atoms with van der Waals surface area (Å²) in [5.74, 6) is -0.107. The van der Waals surface area contributed by atoms with Crippen molar-refractivity contribution >= 4 is 15.9 Å². The SMILES string of the molecule is COc1ccccc1S(=O)(=O)N(C)CC(=O)NC(C)(C)C. The first-order valence-corrected chi connectivity index (χ1v) is 7.92. The zero-order valence-corrected chi connectivity index (χ0v) is 13.8. The van der Waals surface area contributed by atoms with Gasteiger partial charge < -0.3 is 10.1 Å². The Morgan fingerprint density at radius 3 is 2.38 bits per heavy atom. The van der Waals surface area contributed by atoms with Gasteiger partial charge in [0.25, 0.3) is 0 Å². The number of carbonyl (C=O) groups is 1. The first kappa shape index (κ1) is 17.5. The number of sulfonamides is 1. The van der Waals surface area contributed by atoms with Crippen LogP contribution in [0.15, 0.2) is 29.2 Å². The first-order chi connectivity index (χ1) is 9.58. The Balaban J connectivity index is 2.95. The Hall–Kier alpha value is -1.60. The Labute approximate surface area is 126 Å². The summed E-state index contributed by atoms with van der Waals surface area (Å²) in [6.45, 7) is 5.25. The van der Waals surface area contributed by atoms with Crippen molar-refractivity contribution in [3.05, 3.63) is 24.3 Å². The number of ether oxygens (including phenoxy) is 1. The number of likely N-dealkylation sites (N-methyl/N-ethyl adjacent to an activating group) is 1. The molecule has 1 aromatic rings. The van der Waals surface area contributed by atoms with Gasteiger partial charge >= 0.3 is 0 Å². The number of para-hydroxylation sites is 1. The topological polar surface area (TPSA) is 75.7 Å². The molecule has 21 heavy (non-hydrogen) atoms. The van der Waals surface area contributed by atoms with Crippen LogP contribution in [-0.4, -0.2) is 44.9 Å². The van der Waals surface area contributed by atoms with Crippen molar-refractivity contribution in [2.24, 2.45) is 0 Å². The van der Waals surface area contributed by atoms with Crippen molar-refractivity contribution in [2.75, 3.05) is 20.7 Å². The number of hydrogen-bond acceptors (Lipinski definition) is 4. The summed E-state index contributed by atoms with van der Waals surface area (Å²) in [6.07, 6.45) is 0. The van der Waals surface area contributed by atoms with Crippen molar-refractivity contribution < 1.29 is 17.9 Å². The lowest BCUT2D eigenvalue weighted by atomic mass is 10.1. The number of methoxy groups -OCH3 is 1. The molecule has 0 unspecified atom stereocenters. The highest BCUT2D eigenvalue weighted by Gasteiger charge is 2.27. The molecule has 0 atom stereocenters. The monoisotopic (exact) mass is 314 g/mol. The molecule has 1 amide bonds. The molecule has 0 saturated heterocycles. The smallest absolute Gasteiger partial charge is 0.246 e. The van der Waals surface area contributed by atoms with Gasteiger partial charge in [0.15, 0.2) is 0 Å². The standard InChI is InChI=1S/C14H22N2O4S/c1-14(2,3)15-13(17)10-16(4)21(18,19)12-9-7-6-8-11(12)20-5/h6-9H,10H2,1-5H3,(H,15,17). The van der Waals surface area contributed by atoms with Crippen molar-refractivity contribution in [1.29, 1.82) is 0 Å². The third-order valence-corrected chi connectivity index (χ3v) is 4.48. The number of benzene rings is 1. The Morgan fingerprint density at radius 1 is 1.29 bits per heavy atom. The molecule has 0 aliphatic heterocycles. The lowest BCUT2D eigenvalue weighted by Crippen LogP contribution is -2.46. The van der Waals surface area contributed by atoms with E-state index in [1.807, 2.05) is 20.8 Å². The fourth-order valence-electron chi connectivity index (χ4n) is 1.74. The van der Waals surface area contributed by atoms with Crippen molar-refractivity contribution in [3.8, 4) is 5.75 Å². The largest absolute Gasteiger partial charge is 0.495 e. The zero-order valence-electron chi connectivity index (χ0n) is 13.0. The molecule has 0 bridgehead atoms. The van der Waals surface area contributed by atoms with E-state index in [4.69, 9.17) is 4.74 Å². The number of amides is 1. The molecule has 0 spiro atoms. The van der Waals surface area contributed by atoms with E-state index in [2.05, 4.69) is 5.32 Å². The van der Waals surface area contributed by atoms with E-state index in [1.54, 1.807) is 18.2 Å². The molecule has 0 radical (unpaired) electrons. The van der Waals surface area contributed by atoms with E-state index in [0.717, 1.165) is 4.31 Å². The van der Waals surface area contributed by atoms with Gasteiger partial charge in [-0.25, -0.2) is 8.42 Å². The van der Waals surface area contributed by atoms with E-state index in [1.165, 1.54) is 20.2 Å². The van der Waals surface area contributed by atoms with Crippen LogP contribution in [0, 0.1) is 0 Å². The summed E-state index contributed by atoms with van der Waals surface area (Å²) >= 11 is 0. The van der Waals surface area contributed by atoms with Crippen LogP contribution in [0.1, 0.15) is 20.8 Å². The second kappa shape index (κ2) is 6.44. The van der Waals surface area contributed by atoms with Gasteiger partial charge in [-0.3, -0.25) is 4.79 Å². The fourth-order valence-corrected chi connectivity index (χ4v) is 3.02. The van der Waals surface area contributed by atoms with E-state index in [9.17, 15) is 13.2 Å². The minimum Gasteiger partial charge on any atom is -0.495 e. The molecule has 0 fully saturated rings. The normalized spacial score (nSPS) is 12.3. The summed E-state index contributed by atoms with van der Waals surface area (Å²) in [4.78, 5) is 11.9. The minimum absolute atomic E-state index is 0.0403. The summed E-state index contributed by atoms with van der Waals surface area (Å²) in [5, 5.41) is 2.73. The third-order valence-electron chi connectivity index (χ3n) is 2.64. The zero-order chi connectivity index (χ0) is 16.3.